The lowest BCUT2D eigenvalue weighted by Gasteiger charge is -2.20. The van der Waals surface area contributed by atoms with Gasteiger partial charge in [0.15, 0.2) is 11.3 Å². The van der Waals surface area contributed by atoms with E-state index >= 15 is 0 Å². The van der Waals surface area contributed by atoms with Gasteiger partial charge in [-0.3, -0.25) is 0 Å². The van der Waals surface area contributed by atoms with Gasteiger partial charge in [-0.2, -0.15) is 0 Å². The molecule has 3 nitrogen and oxygen atoms in total. The van der Waals surface area contributed by atoms with Crippen molar-refractivity contribution in [3.8, 4) is 16.9 Å². The topological polar surface area (TPSA) is 27.3 Å². The molecule has 1 aliphatic carbocycles. The maximum Gasteiger partial charge on any atom is 0.177 e. The van der Waals surface area contributed by atoms with Crippen molar-refractivity contribution >= 4 is 60.2 Å². The van der Waals surface area contributed by atoms with Crippen LogP contribution in [0, 0.1) is 0 Å². The predicted molar refractivity (Wildman–Crippen MR) is 177 cm³/mol. The SMILES string of the molecule is C1=CC2Oc3c(ccc4c3oc3ccc(-c5ccc6ccccc6c5)cc34)C2C=C1n1c2ccccc2c2ccccc21. The Morgan fingerprint density at radius 2 is 1.30 bits per heavy atom. The van der Waals surface area contributed by atoms with E-state index in [-0.39, 0.29) is 12.0 Å². The number of benzene rings is 6. The molecule has 3 heterocycles. The summed E-state index contributed by atoms with van der Waals surface area (Å²) in [6.45, 7) is 0. The van der Waals surface area contributed by atoms with Gasteiger partial charge in [-0.15, -0.1) is 0 Å². The Morgan fingerprint density at radius 1 is 0.581 bits per heavy atom. The van der Waals surface area contributed by atoms with Crippen LogP contribution in [0.1, 0.15) is 11.5 Å². The van der Waals surface area contributed by atoms with Gasteiger partial charge in [-0.05, 0) is 76.5 Å². The predicted octanol–water partition coefficient (Wildman–Crippen LogP) is 10.5. The maximum atomic E-state index is 6.62. The zero-order chi connectivity index (χ0) is 28.1. The van der Waals surface area contributed by atoms with Gasteiger partial charge in [0, 0.05) is 38.7 Å². The number of rotatable bonds is 2. The van der Waals surface area contributed by atoms with E-state index in [0.717, 1.165) is 27.7 Å². The van der Waals surface area contributed by atoms with Crippen molar-refractivity contribution in [3.05, 3.63) is 145 Å². The van der Waals surface area contributed by atoms with E-state index < -0.39 is 0 Å². The Balaban J connectivity index is 1.10. The van der Waals surface area contributed by atoms with Crippen molar-refractivity contribution < 1.29 is 9.15 Å². The minimum atomic E-state index is -0.0567. The molecule has 43 heavy (non-hydrogen) atoms. The number of fused-ring (bicyclic) bond motifs is 11. The molecule has 2 unspecified atom stereocenters. The van der Waals surface area contributed by atoms with E-state index in [4.69, 9.17) is 9.15 Å². The molecule has 202 valence electrons. The van der Waals surface area contributed by atoms with Crippen LogP contribution < -0.4 is 4.74 Å². The Labute approximate surface area is 247 Å². The van der Waals surface area contributed by atoms with E-state index in [9.17, 15) is 0 Å². The first-order chi connectivity index (χ1) is 21.3. The highest BCUT2D eigenvalue weighted by Gasteiger charge is 2.36. The molecule has 0 fully saturated rings. The van der Waals surface area contributed by atoms with Gasteiger partial charge < -0.3 is 13.7 Å². The maximum absolute atomic E-state index is 6.62. The minimum absolute atomic E-state index is 0.0567. The van der Waals surface area contributed by atoms with Crippen LogP contribution in [0.25, 0.3) is 71.3 Å². The molecular formula is C40H25NO2. The third kappa shape index (κ3) is 3.25. The zero-order valence-corrected chi connectivity index (χ0v) is 23.2. The summed E-state index contributed by atoms with van der Waals surface area (Å²) in [5.74, 6) is 0.973. The van der Waals surface area contributed by atoms with Crippen LogP contribution in [-0.4, -0.2) is 10.7 Å². The molecule has 0 saturated carbocycles. The summed E-state index contributed by atoms with van der Waals surface area (Å²) in [7, 11) is 0. The van der Waals surface area contributed by atoms with E-state index in [1.807, 2.05) is 0 Å². The van der Waals surface area contributed by atoms with Gasteiger partial charge in [0.25, 0.3) is 0 Å². The molecule has 0 saturated heterocycles. The van der Waals surface area contributed by atoms with Crippen molar-refractivity contribution in [1.82, 2.24) is 4.57 Å². The lowest BCUT2D eigenvalue weighted by atomic mass is 9.90. The molecule has 8 aromatic rings. The van der Waals surface area contributed by atoms with Gasteiger partial charge in [0.1, 0.15) is 11.7 Å². The Bertz CT molecular complexity index is 2450. The van der Waals surface area contributed by atoms with Gasteiger partial charge in [-0.25, -0.2) is 0 Å². The summed E-state index contributed by atoms with van der Waals surface area (Å²) in [4.78, 5) is 0. The van der Waals surface area contributed by atoms with E-state index in [0.29, 0.717) is 0 Å². The summed E-state index contributed by atoms with van der Waals surface area (Å²) in [6.07, 6.45) is 6.72. The highest BCUT2D eigenvalue weighted by atomic mass is 16.5. The molecule has 0 amide bonds. The van der Waals surface area contributed by atoms with Gasteiger partial charge in [0.2, 0.25) is 0 Å². The quantitative estimate of drug-likeness (QED) is 0.214. The van der Waals surface area contributed by atoms with Gasteiger partial charge >= 0.3 is 0 Å². The molecule has 1 aliphatic heterocycles. The van der Waals surface area contributed by atoms with Crippen LogP contribution in [0.2, 0.25) is 0 Å². The second-order valence-electron chi connectivity index (χ2n) is 11.7. The molecule has 10 rings (SSSR count). The molecule has 2 aromatic heterocycles. The number of hydrogen-bond donors (Lipinski definition) is 0. The van der Waals surface area contributed by atoms with Gasteiger partial charge in [-0.1, -0.05) is 84.9 Å². The number of aromatic nitrogens is 1. The monoisotopic (exact) mass is 551 g/mol. The van der Waals surface area contributed by atoms with Crippen LogP contribution in [0.5, 0.6) is 5.75 Å². The third-order valence-corrected chi connectivity index (χ3v) is 9.32. The fourth-order valence-electron chi connectivity index (χ4n) is 7.28. The summed E-state index contributed by atoms with van der Waals surface area (Å²) >= 11 is 0. The molecule has 0 radical (unpaired) electrons. The molecule has 0 N–H and O–H groups in total. The summed E-state index contributed by atoms with van der Waals surface area (Å²) in [5, 5.41) is 7.23. The Morgan fingerprint density at radius 3 is 2.14 bits per heavy atom. The second-order valence-corrected chi connectivity index (χ2v) is 11.7. The molecule has 2 atom stereocenters. The number of furan rings is 1. The molecule has 0 bridgehead atoms. The van der Waals surface area contributed by atoms with Crippen molar-refractivity contribution in [1.29, 1.82) is 0 Å². The first-order valence-electron chi connectivity index (χ1n) is 14.8. The second kappa shape index (κ2) is 8.50. The van der Waals surface area contributed by atoms with Crippen LogP contribution >= 0.6 is 0 Å². The zero-order valence-electron chi connectivity index (χ0n) is 23.2. The lowest BCUT2D eigenvalue weighted by Crippen LogP contribution is -2.18. The largest absolute Gasteiger partial charge is 0.481 e. The highest BCUT2D eigenvalue weighted by Crippen LogP contribution is 2.49. The standard InChI is InChI=1S/C40H25NO2/c1-2-8-25-21-26(14-13-24(25)7-1)27-15-19-37-33(22-27)31-17-18-32-34-23-28(16-20-38(34)43-40(32)39(31)42-37)41-35-11-5-3-9-29(35)30-10-4-6-12-36(30)41/h1-23,34,38H. The number of para-hydroxylation sites is 2. The van der Waals surface area contributed by atoms with E-state index in [1.165, 1.54) is 55.0 Å². The fraction of sp³-hybridized carbons (Fsp3) is 0.0500. The molecule has 2 aliphatic rings. The molecule has 6 aromatic carbocycles. The fourth-order valence-corrected chi connectivity index (χ4v) is 7.28. The van der Waals surface area contributed by atoms with E-state index in [2.05, 4.69) is 144 Å². The smallest absolute Gasteiger partial charge is 0.177 e. The lowest BCUT2D eigenvalue weighted by molar-refractivity contribution is 0.269. The number of nitrogens with zero attached hydrogens (tertiary/aromatic N) is 1. The van der Waals surface area contributed by atoms with Crippen molar-refractivity contribution in [3.63, 3.8) is 0 Å². The summed E-state index contributed by atoms with van der Waals surface area (Å²) in [5.41, 5.74) is 8.86. The summed E-state index contributed by atoms with van der Waals surface area (Å²) < 4.78 is 15.5. The number of ether oxygens (including phenoxy) is 1. The molecule has 0 spiro atoms. The average Bonchev–Trinajstić information content (AvgIpc) is 3.73. The first-order valence-corrected chi connectivity index (χ1v) is 14.8. The molecule has 3 heteroatoms. The van der Waals surface area contributed by atoms with Crippen LogP contribution in [0.4, 0.5) is 0 Å². The van der Waals surface area contributed by atoms with Crippen molar-refractivity contribution in [2.75, 3.05) is 0 Å². The number of hydrogen-bond acceptors (Lipinski definition) is 2. The Hall–Kier alpha value is -5.54. The third-order valence-electron chi connectivity index (χ3n) is 9.32. The normalized spacial score (nSPS) is 17.5. The number of allylic oxidation sites excluding steroid dienone is 2. The van der Waals surface area contributed by atoms with Gasteiger partial charge in [0.05, 0.1) is 11.0 Å². The van der Waals surface area contributed by atoms with Crippen molar-refractivity contribution in [2.24, 2.45) is 0 Å². The van der Waals surface area contributed by atoms with Crippen molar-refractivity contribution in [2.45, 2.75) is 12.0 Å². The summed E-state index contributed by atoms with van der Waals surface area (Å²) in [6, 6.07) is 43.4. The first kappa shape index (κ1) is 23.1. The van der Waals surface area contributed by atoms with E-state index in [1.54, 1.807) is 0 Å². The van der Waals surface area contributed by atoms with Crippen LogP contribution in [0.3, 0.4) is 0 Å². The Kier molecular flexibility index (Phi) is 4.56. The minimum Gasteiger partial charge on any atom is -0.481 e. The van der Waals surface area contributed by atoms with Crippen LogP contribution in [0.15, 0.2) is 144 Å². The van der Waals surface area contributed by atoms with Crippen LogP contribution in [-0.2, 0) is 0 Å². The highest BCUT2D eigenvalue weighted by molar-refractivity contribution is 6.11. The average molecular weight is 552 g/mol. The molecular weight excluding hydrogens is 526 g/mol.